The average Bonchev–Trinajstić information content (AvgIpc) is 2.75. The van der Waals surface area contributed by atoms with Gasteiger partial charge in [-0.05, 0) is 32.1 Å². The van der Waals surface area contributed by atoms with Crippen LogP contribution in [0.2, 0.25) is 6.04 Å². The summed E-state index contributed by atoms with van der Waals surface area (Å²) in [5.74, 6) is 0. The summed E-state index contributed by atoms with van der Waals surface area (Å²) >= 11 is 0. The molecule has 0 aliphatic carbocycles. The van der Waals surface area contributed by atoms with E-state index in [4.69, 9.17) is 13.3 Å². The summed E-state index contributed by atoms with van der Waals surface area (Å²) < 4.78 is 19.4. The van der Waals surface area contributed by atoms with E-state index >= 15 is 0 Å². The maximum Gasteiger partial charge on any atom is 0.500 e. The van der Waals surface area contributed by atoms with E-state index < -0.39 is 8.80 Å². The highest BCUT2D eigenvalue weighted by Gasteiger charge is 2.40. The summed E-state index contributed by atoms with van der Waals surface area (Å²) in [5, 5.41) is 0. The molecule has 0 amide bonds. The fourth-order valence-electron chi connectivity index (χ4n) is 3.60. The Labute approximate surface area is 190 Å². The van der Waals surface area contributed by atoms with Crippen molar-refractivity contribution in [3.8, 4) is 0 Å². The number of allylic oxidation sites excluding steroid dienone is 1. The van der Waals surface area contributed by atoms with Crippen molar-refractivity contribution in [1.82, 2.24) is 0 Å². The van der Waals surface area contributed by atoms with Crippen LogP contribution in [-0.4, -0.2) is 28.6 Å². The molecule has 0 saturated carbocycles. The monoisotopic (exact) mass is 442 g/mol. The van der Waals surface area contributed by atoms with Crippen LogP contribution in [0.3, 0.4) is 0 Å². The van der Waals surface area contributed by atoms with E-state index in [0.717, 1.165) is 58.0 Å². The molecule has 0 aliphatic heterocycles. The molecular formula is C26H54O3Si. The third kappa shape index (κ3) is 18.6. The van der Waals surface area contributed by atoms with E-state index in [1.54, 1.807) is 0 Å². The van der Waals surface area contributed by atoms with E-state index in [-0.39, 0.29) is 0 Å². The van der Waals surface area contributed by atoms with Crippen LogP contribution in [0.4, 0.5) is 0 Å². The Morgan fingerprint density at radius 2 is 0.900 bits per heavy atom. The lowest BCUT2D eigenvalue weighted by molar-refractivity contribution is 0.0548. The van der Waals surface area contributed by atoms with Crippen LogP contribution in [-0.2, 0) is 13.3 Å². The lowest BCUT2D eigenvalue weighted by Gasteiger charge is -2.30. The SMILES string of the molecule is C=CCCC[Si](OCCCCCCC)(OCCCCCCC)OCCCCCCC. The van der Waals surface area contributed by atoms with Gasteiger partial charge in [-0.1, -0.05) is 104 Å². The summed E-state index contributed by atoms with van der Waals surface area (Å²) in [7, 11) is -2.59. The second kappa shape index (κ2) is 23.5. The van der Waals surface area contributed by atoms with Crippen molar-refractivity contribution in [2.24, 2.45) is 0 Å². The minimum atomic E-state index is -2.59. The van der Waals surface area contributed by atoms with Crippen molar-refractivity contribution in [1.29, 1.82) is 0 Å². The molecule has 0 heterocycles. The molecule has 0 rings (SSSR count). The van der Waals surface area contributed by atoms with Crippen molar-refractivity contribution < 1.29 is 13.3 Å². The highest BCUT2D eigenvalue weighted by atomic mass is 28.4. The molecule has 0 radical (unpaired) electrons. The highest BCUT2D eigenvalue weighted by molar-refractivity contribution is 6.60. The van der Waals surface area contributed by atoms with Gasteiger partial charge in [-0.3, -0.25) is 0 Å². The number of hydrogen-bond donors (Lipinski definition) is 0. The van der Waals surface area contributed by atoms with Gasteiger partial charge in [0.1, 0.15) is 0 Å². The number of rotatable bonds is 25. The molecule has 3 nitrogen and oxygen atoms in total. The van der Waals surface area contributed by atoms with Crippen molar-refractivity contribution in [3.05, 3.63) is 12.7 Å². The maximum atomic E-state index is 6.47. The summed E-state index contributed by atoms with van der Waals surface area (Å²) in [6.07, 6.45) is 22.9. The predicted octanol–water partition coefficient (Wildman–Crippen LogP) is 8.85. The topological polar surface area (TPSA) is 27.7 Å². The second-order valence-corrected chi connectivity index (χ2v) is 11.4. The van der Waals surface area contributed by atoms with Gasteiger partial charge < -0.3 is 13.3 Å². The zero-order chi connectivity index (χ0) is 22.2. The summed E-state index contributed by atoms with van der Waals surface area (Å²) in [6, 6.07) is 0.928. The van der Waals surface area contributed by atoms with Crippen LogP contribution < -0.4 is 0 Å². The third-order valence-corrected chi connectivity index (χ3v) is 8.50. The van der Waals surface area contributed by atoms with Crippen LogP contribution in [0.1, 0.15) is 130 Å². The quantitative estimate of drug-likeness (QED) is 0.0802. The lowest BCUT2D eigenvalue weighted by Crippen LogP contribution is -2.46. The molecule has 0 atom stereocenters. The molecule has 0 saturated heterocycles. The van der Waals surface area contributed by atoms with E-state index in [1.165, 1.54) is 77.0 Å². The first kappa shape index (κ1) is 29.8. The molecule has 0 fully saturated rings. The smallest absolute Gasteiger partial charge is 0.373 e. The molecule has 0 unspecified atom stereocenters. The van der Waals surface area contributed by atoms with Gasteiger partial charge in [-0.2, -0.15) is 0 Å². The maximum absolute atomic E-state index is 6.47. The molecule has 0 N–H and O–H groups in total. The van der Waals surface area contributed by atoms with Gasteiger partial charge >= 0.3 is 8.80 Å². The van der Waals surface area contributed by atoms with Gasteiger partial charge in [0.05, 0.1) is 0 Å². The largest absolute Gasteiger partial charge is 0.500 e. The highest BCUT2D eigenvalue weighted by Crippen LogP contribution is 2.22. The Morgan fingerprint density at radius 3 is 1.23 bits per heavy atom. The average molecular weight is 443 g/mol. The molecular weight excluding hydrogens is 388 g/mol. The van der Waals surface area contributed by atoms with Gasteiger partial charge in [-0.25, -0.2) is 0 Å². The summed E-state index contributed by atoms with van der Waals surface area (Å²) in [5.41, 5.74) is 0. The van der Waals surface area contributed by atoms with Crippen molar-refractivity contribution >= 4 is 8.80 Å². The van der Waals surface area contributed by atoms with Crippen LogP contribution in [0.5, 0.6) is 0 Å². The van der Waals surface area contributed by atoms with Gasteiger partial charge in [0, 0.05) is 25.9 Å². The van der Waals surface area contributed by atoms with E-state index in [0.29, 0.717) is 0 Å². The van der Waals surface area contributed by atoms with Crippen molar-refractivity contribution in [2.75, 3.05) is 19.8 Å². The Hall–Kier alpha value is -0.163. The van der Waals surface area contributed by atoms with Gasteiger partial charge in [0.25, 0.3) is 0 Å². The summed E-state index contributed by atoms with van der Waals surface area (Å²) in [4.78, 5) is 0. The lowest BCUT2D eigenvalue weighted by atomic mass is 10.2. The first-order chi connectivity index (χ1) is 14.7. The number of unbranched alkanes of at least 4 members (excludes halogenated alkanes) is 13. The Balaban J connectivity index is 4.63. The summed E-state index contributed by atoms with van der Waals surface area (Å²) in [6.45, 7) is 13.0. The number of hydrogen-bond acceptors (Lipinski definition) is 3. The van der Waals surface area contributed by atoms with Gasteiger partial charge in [0.2, 0.25) is 0 Å². The Morgan fingerprint density at radius 1 is 0.533 bits per heavy atom. The fourth-order valence-corrected chi connectivity index (χ4v) is 6.29. The van der Waals surface area contributed by atoms with Crippen molar-refractivity contribution in [2.45, 2.75) is 136 Å². The first-order valence-electron chi connectivity index (χ1n) is 13.3. The van der Waals surface area contributed by atoms with Crippen molar-refractivity contribution in [3.63, 3.8) is 0 Å². The Kier molecular flexibility index (Phi) is 23.4. The van der Waals surface area contributed by atoms with E-state index in [9.17, 15) is 0 Å². The molecule has 0 bridgehead atoms. The third-order valence-electron chi connectivity index (χ3n) is 5.60. The fraction of sp³-hybridized carbons (Fsp3) is 0.923. The molecule has 0 aromatic heterocycles. The van der Waals surface area contributed by atoms with Crippen LogP contribution in [0, 0.1) is 0 Å². The zero-order valence-electron chi connectivity index (χ0n) is 20.9. The molecule has 180 valence electrons. The van der Waals surface area contributed by atoms with Gasteiger partial charge in [0.15, 0.2) is 0 Å². The van der Waals surface area contributed by atoms with Crippen LogP contribution >= 0.6 is 0 Å². The molecule has 0 spiro atoms. The molecule has 0 aromatic rings. The molecule has 4 heteroatoms. The van der Waals surface area contributed by atoms with Gasteiger partial charge in [-0.15, -0.1) is 6.58 Å². The van der Waals surface area contributed by atoms with Crippen LogP contribution in [0.25, 0.3) is 0 Å². The minimum absolute atomic E-state index is 0.787. The Bertz CT molecular complexity index is 308. The first-order valence-corrected chi connectivity index (χ1v) is 15.2. The molecule has 0 aromatic carbocycles. The second-order valence-electron chi connectivity index (χ2n) is 8.65. The normalized spacial score (nSPS) is 11.8. The van der Waals surface area contributed by atoms with E-state index in [2.05, 4.69) is 27.4 Å². The molecule has 0 aliphatic rings. The predicted molar refractivity (Wildman–Crippen MR) is 134 cm³/mol. The molecule has 30 heavy (non-hydrogen) atoms. The zero-order valence-corrected chi connectivity index (χ0v) is 21.9. The standard InChI is InChI=1S/C26H54O3Si/c1-5-9-13-16-19-23-27-30(26-22-12-8-4,28-24-20-17-14-10-6-2)29-25-21-18-15-11-7-3/h8H,4-7,9-26H2,1-3H3. The minimum Gasteiger partial charge on any atom is -0.373 e. The van der Waals surface area contributed by atoms with Crippen LogP contribution in [0.15, 0.2) is 12.7 Å². The van der Waals surface area contributed by atoms with E-state index in [1.807, 2.05) is 6.08 Å².